The SMILES string of the molecule is O=C(O)CSc1nnc(CO)n1CCC(=O)N1CCCC1. The van der Waals surface area contributed by atoms with Crippen LogP contribution in [0.15, 0.2) is 5.16 Å². The fraction of sp³-hybridized carbons (Fsp3) is 0.667. The number of hydrogen-bond donors (Lipinski definition) is 2. The molecule has 21 heavy (non-hydrogen) atoms. The van der Waals surface area contributed by atoms with Gasteiger partial charge >= 0.3 is 5.97 Å². The van der Waals surface area contributed by atoms with E-state index >= 15 is 0 Å². The van der Waals surface area contributed by atoms with E-state index in [0.717, 1.165) is 37.7 Å². The first kappa shape index (κ1) is 15.8. The number of likely N-dealkylation sites (tertiary alicyclic amines) is 1. The van der Waals surface area contributed by atoms with Gasteiger partial charge in [0, 0.05) is 26.1 Å². The minimum absolute atomic E-state index is 0.0688. The molecule has 0 radical (unpaired) electrons. The highest BCUT2D eigenvalue weighted by Gasteiger charge is 2.19. The summed E-state index contributed by atoms with van der Waals surface area (Å²) < 4.78 is 1.61. The molecular weight excluding hydrogens is 296 g/mol. The Morgan fingerprint density at radius 2 is 1.95 bits per heavy atom. The van der Waals surface area contributed by atoms with Crippen molar-refractivity contribution in [2.75, 3.05) is 18.8 Å². The molecule has 9 heteroatoms. The summed E-state index contributed by atoms with van der Waals surface area (Å²) in [6.07, 6.45) is 2.38. The highest BCUT2D eigenvalue weighted by atomic mass is 32.2. The maximum Gasteiger partial charge on any atom is 0.313 e. The molecule has 1 aliphatic rings. The summed E-state index contributed by atoms with van der Waals surface area (Å²) in [7, 11) is 0. The molecule has 2 heterocycles. The Labute approximate surface area is 126 Å². The van der Waals surface area contributed by atoms with Crippen LogP contribution in [0.1, 0.15) is 25.1 Å². The predicted octanol–water partition coefficient (Wildman–Crippen LogP) is -0.0404. The van der Waals surface area contributed by atoms with E-state index in [2.05, 4.69) is 10.2 Å². The van der Waals surface area contributed by atoms with Gasteiger partial charge in [0.25, 0.3) is 0 Å². The zero-order chi connectivity index (χ0) is 15.2. The molecule has 0 atom stereocenters. The van der Waals surface area contributed by atoms with Gasteiger partial charge in [0.05, 0.1) is 5.75 Å². The largest absolute Gasteiger partial charge is 0.481 e. The van der Waals surface area contributed by atoms with Crippen LogP contribution in [0.4, 0.5) is 0 Å². The van der Waals surface area contributed by atoms with Crippen LogP contribution >= 0.6 is 11.8 Å². The lowest BCUT2D eigenvalue weighted by atomic mass is 10.3. The fourth-order valence-corrected chi connectivity index (χ4v) is 2.93. The highest BCUT2D eigenvalue weighted by molar-refractivity contribution is 7.99. The van der Waals surface area contributed by atoms with Crippen LogP contribution in [-0.4, -0.2) is 60.6 Å². The van der Waals surface area contributed by atoms with Gasteiger partial charge in [0.15, 0.2) is 11.0 Å². The van der Waals surface area contributed by atoms with Crippen LogP contribution in [-0.2, 0) is 22.7 Å². The summed E-state index contributed by atoms with van der Waals surface area (Å²) in [6, 6.07) is 0. The Hall–Kier alpha value is -1.61. The van der Waals surface area contributed by atoms with Crippen molar-refractivity contribution in [2.45, 2.75) is 37.6 Å². The number of thioether (sulfide) groups is 1. The fourth-order valence-electron chi connectivity index (χ4n) is 2.23. The first-order chi connectivity index (χ1) is 10.1. The van der Waals surface area contributed by atoms with Gasteiger partial charge in [-0.3, -0.25) is 9.59 Å². The van der Waals surface area contributed by atoms with Gasteiger partial charge in [0.1, 0.15) is 6.61 Å². The quantitative estimate of drug-likeness (QED) is 0.680. The summed E-state index contributed by atoms with van der Waals surface area (Å²) in [6.45, 7) is 1.65. The van der Waals surface area contributed by atoms with Crippen molar-refractivity contribution in [3.8, 4) is 0 Å². The van der Waals surface area contributed by atoms with Crippen molar-refractivity contribution in [2.24, 2.45) is 0 Å². The molecule has 116 valence electrons. The van der Waals surface area contributed by atoms with Crippen molar-refractivity contribution < 1.29 is 19.8 Å². The van der Waals surface area contributed by atoms with Gasteiger partial charge in [-0.1, -0.05) is 11.8 Å². The summed E-state index contributed by atoms with van der Waals surface area (Å²) in [5.41, 5.74) is 0. The van der Waals surface area contributed by atoms with Gasteiger partial charge in [-0.15, -0.1) is 10.2 Å². The number of aliphatic hydroxyl groups is 1. The van der Waals surface area contributed by atoms with Crippen LogP contribution in [0.3, 0.4) is 0 Å². The standard InChI is InChI=1S/C12H18N4O4S/c17-7-9-13-14-12(21-8-11(19)20)16(9)6-3-10(18)15-4-1-2-5-15/h17H,1-8H2,(H,19,20). The molecule has 1 fully saturated rings. The van der Waals surface area contributed by atoms with E-state index in [1.54, 1.807) is 4.57 Å². The van der Waals surface area contributed by atoms with Crippen LogP contribution in [0.2, 0.25) is 0 Å². The van der Waals surface area contributed by atoms with E-state index in [4.69, 9.17) is 5.11 Å². The van der Waals surface area contributed by atoms with E-state index in [1.807, 2.05) is 4.90 Å². The van der Waals surface area contributed by atoms with Crippen LogP contribution in [0, 0.1) is 0 Å². The molecule has 0 unspecified atom stereocenters. The monoisotopic (exact) mass is 314 g/mol. The summed E-state index contributed by atoms with van der Waals surface area (Å²) in [4.78, 5) is 24.5. The molecule has 0 saturated carbocycles. The molecule has 1 aliphatic heterocycles. The summed E-state index contributed by atoms with van der Waals surface area (Å²) in [5, 5.41) is 26.0. The zero-order valence-electron chi connectivity index (χ0n) is 11.6. The minimum atomic E-state index is -0.951. The second kappa shape index (κ2) is 7.41. The third-order valence-corrected chi connectivity index (χ3v) is 4.22. The number of carboxylic acid groups (broad SMARTS) is 1. The number of carbonyl (C=O) groups is 2. The average Bonchev–Trinajstić information content (AvgIpc) is 3.11. The Bertz CT molecular complexity index is 513. The molecule has 0 aromatic carbocycles. The lowest BCUT2D eigenvalue weighted by molar-refractivity contribution is -0.134. The number of carbonyl (C=O) groups excluding carboxylic acids is 1. The molecule has 2 N–H and O–H groups in total. The second-order valence-corrected chi connectivity index (χ2v) is 5.67. The van der Waals surface area contributed by atoms with Gasteiger partial charge in [0.2, 0.25) is 5.91 Å². The van der Waals surface area contributed by atoms with Gasteiger partial charge in [-0.05, 0) is 12.8 Å². The van der Waals surface area contributed by atoms with E-state index in [-0.39, 0.29) is 18.3 Å². The third kappa shape index (κ3) is 4.18. The number of aliphatic hydroxyl groups excluding tert-OH is 1. The van der Waals surface area contributed by atoms with E-state index in [9.17, 15) is 14.7 Å². The first-order valence-corrected chi connectivity index (χ1v) is 7.75. The topological polar surface area (TPSA) is 109 Å². The molecule has 1 aromatic heterocycles. The Morgan fingerprint density at radius 1 is 1.24 bits per heavy atom. The molecule has 2 rings (SSSR count). The van der Waals surface area contributed by atoms with Crippen LogP contribution in [0.25, 0.3) is 0 Å². The Kier molecular flexibility index (Phi) is 5.57. The van der Waals surface area contributed by atoms with Crippen molar-refractivity contribution in [1.82, 2.24) is 19.7 Å². The molecule has 0 bridgehead atoms. The van der Waals surface area contributed by atoms with E-state index < -0.39 is 5.97 Å². The number of aliphatic carboxylic acids is 1. The Morgan fingerprint density at radius 3 is 2.57 bits per heavy atom. The van der Waals surface area contributed by atoms with Crippen molar-refractivity contribution in [3.05, 3.63) is 5.82 Å². The number of nitrogens with zero attached hydrogens (tertiary/aromatic N) is 4. The first-order valence-electron chi connectivity index (χ1n) is 6.77. The maximum absolute atomic E-state index is 12.0. The average molecular weight is 314 g/mol. The summed E-state index contributed by atoms with van der Waals surface area (Å²) >= 11 is 1.03. The lowest BCUT2D eigenvalue weighted by Gasteiger charge is -2.16. The number of amides is 1. The molecule has 1 saturated heterocycles. The molecular formula is C12H18N4O4S. The molecule has 8 nitrogen and oxygen atoms in total. The van der Waals surface area contributed by atoms with Crippen molar-refractivity contribution in [1.29, 1.82) is 0 Å². The normalized spacial score (nSPS) is 14.6. The van der Waals surface area contributed by atoms with Crippen molar-refractivity contribution >= 4 is 23.6 Å². The Balaban J connectivity index is 1.98. The van der Waals surface area contributed by atoms with Gasteiger partial charge < -0.3 is 19.7 Å². The van der Waals surface area contributed by atoms with Gasteiger partial charge in [-0.2, -0.15) is 0 Å². The number of aromatic nitrogens is 3. The molecule has 1 aromatic rings. The second-order valence-electron chi connectivity index (χ2n) is 4.73. The minimum Gasteiger partial charge on any atom is -0.481 e. The summed E-state index contributed by atoms with van der Waals surface area (Å²) in [5.74, 6) is -0.673. The highest BCUT2D eigenvalue weighted by Crippen LogP contribution is 2.18. The van der Waals surface area contributed by atoms with E-state index in [0.29, 0.717) is 23.9 Å². The molecule has 0 aliphatic carbocycles. The number of carboxylic acids is 1. The van der Waals surface area contributed by atoms with E-state index in [1.165, 1.54) is 0 Å². The van der Waals surface area contributed by atoms with Crippen molar-refractivity contribution in [3.63, 3.8) is 0 Å². The van der Waals surface area contributed by atoms with Crippen LogP contribution in [0.5, 0.6) is 0 Å². The van der Waals surface area contributed by atoms with Crippen LogP contribution < -0.4 is 0 Å². The number of hydrogen-bond acceptors (Lipinski definition) is 6. The van der Waals surface area contributed by atoms with Gasteiger partial charge in [-0.25, -0.2) is 0 Å². The molecule has 1 amide bonds. The number of rotatable bonds is 7. The smallest absolute Gasteiger partial charge is 0.313 e. The predicted molar refractivity (Wildman–Crippen MR) is 74.7 cm³/mol. The zero-order valence-corrected chi connectivity index (χ0v) is 12.4. The molecule has 0 spiro atoms. The lowest BCUT2D eigenvalue weighted by Crippen LogP contribution is -2.28. The third-order valence-electron chi connectivity index (χ3n) is 3.27. The maximum atomic E-state index is 12.0.